The van der Waals surface area contributed by atoms with Crippen LogP contribution in [0.25, 0.3) is 5.69 Å². The van der Waals surface area contributed by atoms with Gasteiger partial charge in [0.25, 0.3) is 0 Å². The molecule has 166 valence electrons. The zero-order valence-corrected chi connectivity index (χ0v) is 20.0. The first-order valence-corrected chi connectivity index (χ1v) is 11.6. The maximum Gasteiger partial charge on any atom is 0.170 e. The molecular weight excluding hydrogens is 450 g/mol. The topological polar surface area (TPSA) is 46.0 Å². The van der Waals surface area contributed by atoms with Crippen molar-refractivity contribution in [3.8, 4) is 5.69 Å². The van der Waals surface area contributed by atoms with Gasteiger partial charge in [0.1, 0.15) is 0 Å². The normalized spacial score (nSPS) is 17.9. The molecule has 3 aromatic heterocycles. The van der Waals surface area contributed by atoms with E-state index in [1.54, 1.807) is 0 Å². The van der Waals surface area contributed by atoms with Crippen molar-refractivity contribution >= 4 is 28.9 Å². The van der Waals surface area contributed by atoms with Crippen molar-refractivity contribution in [2.24, 2.45) is 0 Å². The Kier molecular flexibility index (Phi) is 5.87. The maximum absolute atomic E-state index is 6.31. The van der Waals surface area contributed by atoms with Gasteiger partial charge in [-0.25, -0.2) is 0 Å². The average Bonchev–Trinajstić information content (AvgIpc) is 3.30. The minimum Gasteiger partial charge on any atom is -0.352 e. The molecule has 5 rings (SSSR count). The Morgan fingerprint density at radius 2 is 1.82 bits per heavy atom. The Bertz CT molecular complexity index is 1290. The van der Waals surface area contributed by atoms with Crippen molar-refractivity contribution < 1.29 is 0 Å². The number of thiocarbonyl (C=S) groups is 1. The van der Waals surface area contributed by atoms with E-state index in [4.69, 9.17) is 23.8 Å². The highest BCUT2D eigenvalue weighted by Crippen LogP contribution is 2.42. The molecule has 5 nitrogen and oxygen atoms in total. The molecule has 4 heterocycles. The van der Waals surface area contributed by atoms with Crippen LogP contribution in [0.4, 0.5) is 0 Å². The van der Waals surface area contributed by atoms with E-state index in [9.17, 15) is 0 Å². The molecule has 1 fully saturated rings. The minimum atomic E-state index is -0.0613. The second kappa shape index (κ2) is 8.96. The average molecular weight is 474 g/mol. The van der Waals surface area contributed by atoms with Crippen molar-refractivity contribution in [3.63, 3.8) is 0 Å². The summed E-state index contributed by atoms with van der Waals surface area (Å²) in [5.74, 6) is 0. The number of hydrogen-bond donors (Lipinski definition) is 1. The van der Waals surface area contributed by atoms with Gasteiger partial charge in [-0.2, -0.15) is 0 Å². The monoisotopic (exact) mass is 473 g/mol. The lowest BCUT2D eigenvalue weighted by Crippen LogP contribution is -2.29. The fraction of sp³-hybridized carbons (Fsp3) is 0.192. The summed E-state index contributed by atoms with van der Waals surface area (Å²) in [6, 6.07) is 20.2. The summed E-state index contributed by atoms with van der Waals surface area (Å²) in [5, 5.41) is 4.98. The second-order valence-electron chi connectivity index (χ2n) is 8.25. The predicted molar refractivity (Wildman–Crippen MR) is 135 cm³/mol. The molecular formula is C26H24ClN5S. The number of hydrogen-bond acceptors (Lipinski definition) is 3. The third kappa shape index (κ3) is 4.12. The van der Waals surface area contributed by atoms with E-state index in [1.165, 1.54) is 5.56 Å². The van der Waals surface area contributed by atoms with Crippen LogP contribution in [-0.2, 0) is 6.54 Å². The van der Waals surface area contributed by atoms with Crippen LogP contribution in [-0.4, -0.2) is 24.5 Å². The number of nitrogens with one attached hydrogen (secondary N) is 1. The molecule has 7 heteroatoms. The van der Waals surface area contributed by atoms with E-state index in [1.807, 2.05) is 61.1 Å². The van der Waals surface area contributed by atoms with Crippen LogP contribution in [0, 0.1) is 13.8 Å². The first-order chi connectivity index (χ1) is 16.0. The van der Waals surface area contributed by atoms with Crippen LogP contribution in [0.5, 0.6) is 0 Å². The van der Waals surface area contributed by atoms with Gasteiger partial charge in [-0.15, -0.1) is 0 Å². The third-order valence-electron chi connectivity index (χ3n) is 6.16. The first-order valence-electron chi connectivity index (χ1n) is 10.8. The molecule has 0 aliphatic carbocycles. The minimum absolute atomic E-state index is 0.0142. The smallest absolute Gasteiger partial charge is 0.170 e. The summed E-state index contributed by atoms with van der Waals surface area (Å²) >= 11 is 12.1. The number of aromatic nitrogens is 3. The molecule has 0 spiro atoms. The Balaban J connectivity index is 1.62. The standard InChI is InChI=1S/C26H24ClN5S/c1-17-14-22(18(2)32(17)21-7-5-6-20(27)15-21)25-24(23-8-3-4-11-29-23)30-26(33)31(25)16-19-9-12-28-13-10-19/h3-15,24-25H,16H2,1-2H3,(H,30,33). The molecule has 0 saturated carbocycles. The van der Waals surface area contributed by atoms with Gasteiger partial charge in [0, 0.05) is 47.2 Å². The molecule has 0 radical (unpaired) electrons. The number of pyridine rings is 2. The molecule has 1 aliphatic rings. The predicted octanol–water partition coefficient (Wildman–Crippen LogP) is 5.71. The molecule has 0 amide bonds. The van der Waals surface area contributed by atoms with E-state index in [0.717, 1.165) is 38.5 Å². The summed E-state index contributed by atoms with van der Waals surface area (Å²) in [6.45, 7) is 4.97. The van der Waals surface area contributed by atoms with Gasteiger partial charge in [0.15, 0.2) is 5.11 Å². The van der Waals surface area contributed by atoms with Crippen molar-refractivity contribution in [2.45, 2.75) is 32.5 Å². The lowest BCUT2D eigenvalue weighted by molar-refractivity contribution is 0.310. The Labute approximate surface area is 204 Å². The quantitative estimate of drug-likeness (QED) is 0.376. The molecule has 0 bridgehead atoms. The van der Waals surface area contributed by atoms with Gasteiger partial charge < -0.3 is 14.8 Å². The van der Waals surface area contributed by atoms with Crippen LogP contribution < -0.4 is 5.32 Å². The number of rotatable bonds is 5. The van der Waals surface area contributed by atoms with Crippen LogP contribution >= 0.6 is 23.8 Å². The molecule has 33 heavy (non-hydrogen) atoms. The second-order valence-corrected chi connectivity index (χ2v) is 9.07. The number of benzene rings is 1. The summed E-state index contributed by atoms with van der Waals surface area (Å²) < 4.78 is 2.25. The van der Waals surface area contributed by atoms with Gasteiger partial charge in [0.05, 0.1) is 17.8 Å². The SMILES string of the molecule is Cc1cc(C2C(c3ccccn3)NC(=S)N2Cc2ccncc2)c(C)n1-c1cccc(Cl)c1. The first kappa shape index (κ1) is 21.6. The summed E-state index contributed by atoms with van der Waals surface area (Å²) in [5.41, 5.74) is 6.69. The van der Waals surface area contributed by atoms with E-state index in [2.05, 4.69) is 56.8 Å². The number of aryl methyl sites for hydroxylation is 1. The highest BCUT2D eigenvalue weighted by Gasteiger charge is 2.41. The summed E-state index contributed by atoms with van der Waals surface area (Å²) in [4.78, 5) is 11.1. The lowest BCUT2D eigenvalue weighted by Gasteiger charge is -2.28. The highest BCUT2D eigenvalue weighted by atomic mass is 35.5. The molecule has 1 aromatic carbocycles. The van der Waals surface area contributed by atoms with Crippen LogP contribution in [0.1, 0.15) is 40.3 Å². The van der Waals surface area contributed by atoms with Gasteiger partial charge in [0.2, 0.25) is 0 Å². The number of nitrogens with zero attached hydrogens (tertiary/aromatic N) is 4. The van der Waals surface area contributed by atoms with Gasteiger partial charge >= 0.3 is 0 Å². The summed E-state index contributed by atoms with van der Waals surface area (Å²) in [7, 11) is 0. The summed E-state index contributed by atoms with van der Waals surface area (Å²) in [6.07, 6.45) is 5.47. The number of halogens is 1. The van der Waals surface area contributed by atoms with Gasteiger partial charge in [-0.05, 0) is 85.7 Å². The molecule has 2 atom stereocenters. The van der Waals surface area contributed by atoms with Crippen LogP contribution in [0.3, 0.4) is 0 Å². The zero-order valence-electron chi connectivity index (χ0n) is 18.4. The fourth-order valence-corrected chi connectivity index (χ4v) is 5.19. The molecule has 1 aliphatic heterocycles. The largest absolute Gasteiger partial charge is 0.352 e. The van der Waals surface area contributed by atoms with Crippen molar-refractivity contribution in [1.29, 1.82) is 0 Å². The van der Waals surface area contributed by atoms with Gasteiger partial charge in [-0.3, -0.25) is 9.97 Å². The molecule has 2 unspecified atom stereocenters. The van der Waals surface area contributed by atoms with E-state index in [-0.39, 0.29) is 12.1 Å². The van der Waals surface area contributed by atoms with Crippen molar-refractivity contribution in [2.75, 3.05) is 0 Å². The molecule has 4 aromatic rings. The van der Waals surface area contributed by atoms with Crippen LogP contribution in [0.2, 0.25) is 5.02 Å². The van der Waals surface area contributed by atoms with Crippen molar-refractivity contribution in [3.05, 3.63) is 112 Å². The zero-order chi connectivity index (χ0) is 22.9. The van der Waals surface area contributed by atoms with E-state index < -0.39 is 0 Å². The molecule has 1 saturated heterocycles. The lowest BCUT2D eigenvalue weighted by atomic mass is 9.96. The van der Waals surface area contributed by atoms with E-state index in [0.29, 0.717) is 6.54 Å². The van der Waals surface area contributed by atoms with Crippen LogP contribution in [0.15, 0.2) is 79.3 Å². The Morgan fingerprint density at radius 1 is 1.00 bits per heavy atom. The van der Waals surface area contributed by atoms with Crippen molar-refractivity contribution in [1.82, 2.24) is 24.8 Å². The molecule has 1 N–H and O–H groups in total. The van der Waals surface area contributed by atoms with E-state index >= 15 is 0 Å². The Hall–Kier alpha value is -3.22. The fourth-order valence-electron chi connectivity index (χ4n) is 4.70. The maximum atomic E-state index is 6.31. The third-order valence-corrected chi connectivity index (χ3v) is 6.74. The highest BCUT2D eigenvalue weighted by molar-refractivity contribution is 7.80. The van der Waals surface area contributed by atoms with Gasteiger partial charge in [-0.1, -0.05) is 23.7 Å². The Morgan fingerprint density at radius 3 is 2.55 bits per heavy atom.